The predicted molar refractivity (Wildman–Crippen MR) is 74.8 cm³/mol. The molecular formula is C13H18ClF3N2O. The molecule has 1 aromatic rings. The van der Waals surface area contributed by atoms with Gasteiger partial charge in [-0.1, -0.05) is 26.8 Å². The number of halogens is 4. The number of hydrogen-bond acceptors (Lipinski definition) is 2. The van der Waals surface area contributed by atoms with Crippen LogP contribution in [0.2, 0.25) is 0 Å². The average Bonchev–Trinajstić information content (AvgIpc) is 2.26. The standard InChI is InChI=1S/C13H17F3N2O.ClH/c1-12(2,3)10(17)11(19)18-9-6-4-5-8(7-9)13(14,15)16;/h4-7,10H,17H2,1-3H3,(H,18,19);1H/t10-;/m1./s1. The molecule has 7 heteroatoms. The van der Waals surface area contributed by atoms with Crippen molar-refractivity contribution in [2.75, 3.05) is 5.32 Å². The van der Waals surface area contributed by atoms with E-state index in [0.29, 0.717) is 0 Å². The van der Waals surface area contributed by atoms with Crippen LogP contribution < -0.4 is 11.1 Å². The maximum absolute atomic E-state index is 12.5. The van der Waals surface area contributed by atoms with Crippen LogP contribution in [0.25, 0.3) is 0 Å². The Morgan fingerprint density at radius 3 is 2.25 bits per heavy atom. The molecule has 0 bridgehead atoms. The fourth-order valence-corrected chi connectivity index (χ4v) is 1.39. The monoisotopic (exact) mass is 310 g/mol. The van der Waals surface area contributed by atoms with Crippen LogP contribution in [-0.2, 0) is 11.0 Å². The van der Waals surface area contributed by atoms with Crippen LogP contribution in [0, 0.1) is 5.41 Å². The highest BCUT2D eigenvalue weighted by molar-refractivity contribution is 5.95. The Hall–Kier alpha value is -1.27. The normalized spacial score (nSPS) is 13.3. The zero-order valence-electron chi connectivity index (χ0n) is 11.4. The Labute approximate surface area is 122 Å². The quantitative estimate of drug-likeness (QED) is 0.879. The smallest absolute Gasteiger partial charge is 0.325 e. The summed E-state index contributed by atoms with van der Waals surface area (Å²) >= 11 is 0. The van der Waals surface area contributed by atoms with E-state index < -0.39 is 29.1 Å². The molecule has 1 atom stereocenters. The van der Waals surface area contributed by atoms with Crippen molar-refractivity contribution >= 4 is 24.0 Å². The lowest BCUT2D eigenvalue weighted by molar-refractivity contribution is -0.137. The molecule has 20 heavy (non-hydrogen) atoms. The molecule has 3 nitrogen and oxygen atoms in total. The Bertz CT molecular complexity index is 469. The molecule has 0 heterocycles. The maximum atomic E-state index is 12.5. The summed E-state index contributed by atoms with van der Waals surface area (Å²) in [5.41, 5.74) is 4.54. The van der Waals surface area contributed by atoms with Gasteiger partial charge in [0.1, 0.15) is 0 Å². The van der Waals surface area contributed by atoms with Gasteiger partial charge in [0.15, 0.2) is 0 Å². The lowest BCUT2D eigenvalue weighted by Gasteiger charge is -2.25. The minimum absolute atomic E-state index is 0. The average molecular weight is 311 g/mol. The summed E-state index contributed by atoms with van der Waals surface area (Å²) in [4.78, 5) is 11.8. The zero-order chi connectivity index (χ0) is 14.8. The van der Waals surface area contributed by atoms with Crippen LogP contribution in [0.15, 0.2) is 24.3 Å². The molecular weight excluding hydrogens is 293 g/mol. The van der Waals surface area contributed by atoms with Gasteiger partial charge < -0.3 is 11.1 Å². The first-order valence-corrected chi connectivity index (χ1v) is 5.75. The van der Waals surface area contributed by atoms with Gasteiger partial charge in [-0.15, -0.1) is 12.4 Å². The van der Waals surface area contributed by atoms with E-state index in [1.54, 1.807) is 20.8 Å². The molecule has 0 saturated heterocycles. The van der Waals surface area contributed by atoms with E-state index in [-0.39, 0.29) is 18.1 Å². The highest BCUT2D eigenvalue weighted by atomic mass is 35.5. The number of anilines is 1. The molecule has 1 amide bonds. The molecule has 0 radical (unpaired) electrons. The van der Waals surface area contributed by atoms with Gasteiger partial charge >= 0.3 is 6.18 Å². The van der Waals surface area contributed by atoms with E-state index in [9.17, 15) is 18.0 Å². The van der Waals surface area contributed by atoms with Crippen molar-refractivity contribution < 1.29 is 18.0 Å². The molecule has 3 N–H and O–H groups in total. The highest BCUT2D eigenvalue weighted by Gasteiger charge is 2.31. The van der Waals surface area contributed by atoms with Gasteiger partial charge in [0.05, 0.1) is 11.6 Å². The molecule has 0 aliphatic rings. The Kier molecular flexibility index (Phi) is 6.04. The largest absolute Gasteiger partial charge is 0.416 e. The number of nitrogens with one attached hydrogen (secondary N) is 1. The van der Waals surface area contributed by atoms with Crippen LogP contribution >= 0.6 is 12.4 Å². The molecule has 0 fully saturated rings. The fourth-order valence-electron chi connectivity index (χ4n) is 1.39. The summed E-state index contributed by atoms with van der Waals surface area (Å²) in [5, 5.41) is 2.40. The summed E-state index contributed by atoms with van der Waals surface area (Å²) in [7, 11) is 0. The van der Waals surface area contributed by atoms with Crippen LogP contribution in [0.5, 0.6) is 0 Å². The third-order valence-corrected chi connectivity index (χ3v) is 2.67. The molecule has 0 aliphatic carbocycles. The third-order valence-electron chi connectivity index (χ3n) is 2.67. The molecule has 1 rings (SSSR count). The Balaban J connectivity index is 0.00000361. The van der Waals surface area contributed by atoms with Crippen molar-refractivity contribution in [1.29, 1.82) is 0 Å². The molecule has 0 spiro atoms. The van der Waals surface area contributed by atoms with Gasteiger partial charge in [-0.05, 0) is 23.6 Å². The lowest BCUT2D eigenvalue weighted by atomic mass is 9.87. The predicted octanol–water partition coefficient (Wildman–Crippen LogP) is 3.44. The second-order valence-corrected chi connectivity index (χ2v) is 5.41. The molecule has 0 unspecified atom stereocenters. The van der Waals surface area contributed by atoms with E-state index in [1.165, 1.54) is 12.1 Å². The first kappa shape index (κ1) is 18.7. The number of nitrogens with two attached hydrogens (primary N) is 1. The Morgan fingerprint density at radius 1 is 1.25 bits per heavy atom. The van der Waals surface area contributed by atoms with Gasteiger partial charge in [-0.3, -0.25) is 4.79 Å². The van der Waals surface area contributed by atoms with Crippen LogP contribution in [0.1, 0.15) is 26.3 Å². The minimum Gasteiger partial charge on any atom is -0.325 e. The van der Waals surface area contributed by atoms with Crippen molar-refractivity contribution in [3.63, 3.8) is 0 Å². The third kappa shape index (κ3) is 5.02. The number of amides is 1. The van der Waals surface area contributed by atoms with Crippen LogP contribution in [0.4, 0.5) is 18.9 Å². The van der Waals surface area contributed by atoms with Crippen molar-refractivity contribution in [2.24, 2.45) is 11.1 Å². The van der Waals surface area contributed by atoms with E-state index in [2.05, 4.69) is 5.32 Å². The van der Waals surface area contributed by atoms with Crippen molar-refractivity contribution in [3.8, 4) is 0 Å². The second-order valence-electron chi connectivity index (χ2n) is 5.41. The molecule has 1 aromatic carbocycles. The Morgan fingerprint density at radius 2 is 1.80 bits per heavy atom. The number of carbonyl (C=O) groups excluding carboxylic acids is 1. The molecule has 0 aromatic heterocycles. The van der Waals surface area contributed by atoms with Gasteiger partial charge in [-0.2, -0.15) is 13.2 Å². The van der Waals surface area contributed by atoms with E-state index in [0.717, 1.165) is 12.1 Å². The van der Waals surface area contributed by atoms with Crippen molar-refractivity contribution in [2.45, 2.75) is 33.0 Å². The number of rotatable bonds is 2. The highest BCUT2D eigenvalue weighted by Crippen LogP contribution is 2.30. The summed E-state index contributed by atoms with van der Waals surface area (Å²) in [6.07, 6.45) is -4.44. The van der Waals surface area contributed by atoms with Crippen LogP contribution in [-0.4, -0.2) is 11.9 Å². The van der Waals surface area contributed by atoms with Crippen molar-refractivity contribution in [3.05, 3.63) is 29.8 Å². The second kappa shape index (κ2) is 6.45. The number of carbonyl (C=O) groups is 1. The zero-order valence-corrected chi connectivity index (χ0v) is 12.2. The fraction of sp³-hybridized carbons (Fsp3) is 0.462. The lowest BCUT2D eigenvalue weighted by Crippen LogP contribution is -2.45. The maximum Gasteiger partial charge on any atom is 0.416 e. The van der Waals surface area contributed by atoms with Gasteiger partial charge in [0, 0.05) is 5.69 Å². The van der Waals surface area contributed by atoms with Crippen LogP contribution in [0.3, 0.4) is 0 Å². The molecule has 0 saturated carbocycles. The summed E-state index contributed by atoms with van der Waals surface area (Å²) in [6.45, 7) is 5.34. The van der Waals surface area contributed by atoms with Gasteiger partial charge in [-0.25, -0.2) is 0 Å². The first-order chi connectivity index (χ1) is 8.51. The first-order valence-electron chi connectivity index (χ1n) is 5.75. The molecule has 0 aliphatic heterocycles. The summed E-state index contributed by atoms with van der Waals surface area (Å²) in [6, 6.07) is 3.65. The van der Waals surface area contributed by atoms with E-state index in [1.807, 2.05) is 0 Å². The van der Waals surface area contributed by atoms with Crippen molar-refractivity contribution in [1.82, 2.24) is 0 Å². The topological polar surface area (TPSA) is 55.1 Å². The van der Waals surface area contributed by atoms with Gasteiger partial charge in [0.25, 0.3) is 0 Å². The summed E-state index contributed by atoms with van der Waals surface area (Å²) < 4.78 is 37.5. The number of alkyl halides is 3. The SMILES string of the molecule is CC(C)(C)[C@H](N)C(=O)Nc1cccc(C(F)(F)F)c1.Cl. The minimum atomic E-state index is -4.44. The summed E-state index contributed by atoms with van der Waals surface area (Å²) in [5.74, 6) is -0.508. The van der Waals surface area contributed by atoms with E-state index in [4.69, 9.17) is 5.73 Å². The molecule has 114 valence electrons. The van der Waals surface area contributed by atoms with Gasteiger partial charge in [0.2, 0.25) is 5.91 Å². The number of benzene rings is 1. The number of hydrogen-bond donors (Lipinski definition) is 2. The van der Waals surface area contributed by atoms with E-state index >= 15 is 0 Å².